The predicted octanol–water partition coefficient (Wildman–Crippen LogP) is 2.95. The maximum absolute atomic E-state index is 13.5. The molecular weight excluding hydrogens is 295 g/mol. The third kappa shape index (κ3) is 4.28. The van der Waals surface area contributed by atoms with Gasteiger partial charge in [-0.05, 0) is 47.0 Å². The van der Waals surface area contributed by atoms with Crippen LogP contribution in [0.5, 0.6) is 0 Å². The van der Waals surface area contributed by atoms with Crippen LogP contribution in [0.3, 0.4) is 0 Å². The van der Waals surface area contributed by atoms with E-state index in [4.69, 9.17) is 5.11 Å². The Morgan fingerprint density at radius 3 is 2.76 bits per heavy atom. The van der Waals surface area contributed by atoms with E-state index in [-0.39, 0.29) is 11.3 Å². The van der Waals surface area contributed by atoms with Gasteiger partial charge in [-0.25, -0.2) is 14.0 Å². The highest BCUT2D eigenvalue weighted by Gasteiger charge is 2.10. The normalized spacial score (nSPS) is 10.1. The predicted molar refractivity (Wildman–Crippen MR) is 78.4 cm³/mol. The van der Waals surface area contributed by atoms with Gasteiger partial charge in [0, 0.05) is 6.54 Å². The van der Waals surface area contributed by atoms with Crippen molar-refractivity contribution < 1.29 is 19.1 Å². The minimum atomic E-state index is -1.18. The molecule has 5 nitrogen and oxygen atoms in total. The van der Waals surface area contributed by atoms with Crippen LogP contribution in [0.1, 0.15) is 15.9 Å². The van der Waals surface area contributed by atoms with Crippen LogP contribution in [0.2, 0.25) is 0 Å². The molecule has 0 radical (unpaired) electrons. The van der Waals surface area contributed by atoms with E-state index in [1.54, 1.807) is 11.3 Å². The summed E-state index contributed by atoms with van der Waals surface area (Å²) >= 11 is 1.57. The maximum Gasteiger partial charge on any atom is 0.335 e. The van der Waals surface area contributed by atoms with Gasteiger partial charge in [-0.15, -0.1) is 0 Å². The van der Waals surface area contributed by atoms with Crippen molar-refractivity contribution in [3.63, 3.8) is 0 Å². The number of nitrogens with one attached hydrogen (secondary N) is 2. The smallest absolute Gasteiger partial charge is 0.335 e. The number of hydrogen-bond donors (Lipinski definition) is 3. The van der Waals surface area contributed by atoms with Gasteiger partial charge in [-0.2, -0.15) is 11.3 Å². The van der Waals surface area contributed by atoms with Gasteiger partial charge < -0.3 is 15.7 Å². The van der Waals surface area contributed by atoms with Crippen molar-refractivity contribution in [3.8, 4) is 0 Å². The minimum absolute atomic E-state index is 0.0926. The van der Waals surface area contributed by atoms with Crippen LogP contribution in [0, 0.1) is 5.82 Å². The van der Waals surface area contributed by atoms with Crippen LogP contribution in [-0.4, -0.2) is 23.7 Å². The van der Waals surface area contributed by atoms with Crippen molar-refractivity contribution in [2.24, 2.45) is 0 Å². The summed E-state index contributed by atoms with van der Waals surface area (Å²) in [4.78, 5) is 22.4. The molecule has 0 saturated carbocycles. The lowest BCUT2D eigenvalue weighted by Crippen LogP contribution is -2.30. The molecule has 1 heterocycles. The lowest BCUT2D eigenvalue weighted by atomic mass is 10.2. The van der Waals surface area contributed by atoms with Crippen molar-refractivity contribution in [1.29, 1.82) is 0 Å². The molecule has 2 rings (SSSR count). The first kappa shape index (κ1) is 15.0. The summed E-state index contributed by atoms with van der Waals surface area (Å²) in [5, 5.41) is 17.6. The third-order valence-corrected chi connectivity index (χ3v) is 3.47. The Labute approximate surface area is 124 Å². The lowest BCUT2D eigenvalue weighted by Gasteiger charge is -2.08. The second kappa shape index (κ2) is 6.85. The van der Waals surface area contributed by atoms with Gasteiger partial charge >= 0.3 is 12.0 Å². The number of hydrogen-bond acceptors (Lipinski definition) is 3. The molecule has 0 aliphatic rings. The van der Waals surface area contributed by atoms with Crippen LogP contribution in [0.25, 0.3) is 0 Å². The summed E-state index contributed by atoms with van der Waals surface area (Å²) in [6.07, 6.45) is 0.675. The van der Waals surface area contributed by atoms with E-state index in [1.807, 2.05) is 16.8 Å². The zero-order valence-corrected chi connectivity index (χ0v) is 11.7. The number of amides is 2. The molecule has 0 atom stereocenters. The Balaban J connectivity index is 1.90. The number of rotatable bonds is 5. The molecule has 1 aromatic carbocycles. The molecule has 0 spiro atoms. The second-order valence-corrected chi connectivity index (χ2v) is 5.04. The molecule has 2 amide bonds. The highest BCUT2D eigenvalue weighted by Crippen LogP contribution is 2.16. The third-order valence-electron chi connectivity index (χ3n) is 2.74. The Morgan fingerprint density at radius 1 is 1.29 bits per heavy atom. The SMILES string of the molecule is O=C(NCCc1ccsc1)Nc1cc(C(=O)O)ccc1F. The first-order valence-electron chi connectivity index (χ1n) is 6.15. The molecule has 1 aromatic heterocycles. The van der Waals surface area contributed by atoms with Crippen LogP contribution in [-0.2, 0) is 6.42 Å². The highest BCUT2D eigenvalue weighted by molar-refractivity contribution is 7.07. The Hall–Kier alpha value is -2.41. The average molecular weight is 308 g/mol. The Kier molecular flexibility index (Phi) is 4.89. The topological polar surface area (TPSA) is 78.4 Å². The molecule has 0 fully saturated rings. The molecule has 21 heavy (non-hydrogen) atoms. The first-order chi connectivity index (χ1) is 10.1. The minimum Gasteiger partial charge on any atom is -0.478 e. The number of halogens is 1. The number of carbonyl (C=O) groups is 2. The second-order valence-electron chi connectivity index (χ2n) is 4.26. The van der Waals surface area contributed by atoms with Crippen LogP contribution in [0.4, 0.5) is 14.9 Å². The monoisotopic (exact) mass is 308 g/mol. The fraction of sp³-hybridized carbons (Fsp3) is 0.143. The molecule has 0 bridgehead atoms. The van der Waals surface area contributed by atoms with Crippen LogP contribution >= 0.6 is 11.3 Å². The van der Waals surface area contributed by atoms with Crippen molar-refractivity contribution >= 4 is 29.0 Å². The van der Waals surface area contributed by atoms with Gasteiger partial charge in [0.1, 0.15) is 5.82 Å². The highest BCUT2D eigenvalue weighted by atomic mass is 32.1. The average Bonchev–Trinajstić information content (AvgIpc) is 2.94. The molecule has 0 aliphatic carbocycles. The van der Waals surface area contributed by atoms with E-state index in [0.717, 1.165) is 23.8 Å². The van der Waals surface area contributed by atoms with E-state index in [1.165, 1.54) is 0 Å². The molecular formula is C14H13FN2O3S. The number of anilines is 1. The van der Waals surface area contributed by atoms with Crippen molar-refractivity contribution in [2.75, 3.05) is 11.9 Å². The number of thiophene rings is 1. The molecule has 110 valence electrons. The van der Waals surface area contributed by atoms with Crippen molar-refractivity contribution in [2.45, 2.75) is 6.42 Å². The van der Waals surface area contributed by atoms with E-state index < -0.39 is 17.8 Å². The number of aromatic carboxylic acids is 1. The van der Waals surface area contributed by atoms with Gasteiger partial charge in [0.05, 0.1) is 11.3 Å². The Bertz CT molecular complexity index is 644. The molecule has 2 aromatic rings. The number of carbonyl (C=O) groups excluding carboxylic acids is 1. The fourth-order valence-corrected chi connectivity index (χ4v) is 2.38. The summed E-state index contributed by atoms with van der Waals surface area (Å²) < 4.78 is 13.5. The van der Waals surface area contributed by atoms with Crippen LogP contribution in [0.15, 0.2) is 35.0 Å². The van der Waals surface area contributed by atoms with E-state index in [2.05, 4.69) is 10.6 Å². The zero-order chi connectivity index (χ0) is 15.2. The molecule has 0 saturated heterocycles. The first-order valence-corrected chi connectivity index (χ1v) is 7.09. The largest absolute Gasteiger partial charge is 0.478 e. The molecule has 0 aliphatic heterocycles. The summed E-state index contributed by atoms with van der Waals surface area (Å²) in [7, 11) is 0. The van der Waals surface area contributed by atoms with E-state index >= 15 is 0 Å². The molecule has 0 unspecified atom stereocenters. The lowest BCUT2D eigenvalue weighted by molar-refractivity contribution is 0.0697. The summed E-state index contributed by atoms with van der Waals surface area (Å²) in [5.41, 5.74) is 0.854. The molecule has 3 N–H and O–H groups in total. The van der Waals surface area contributed by atoms with Gasteiger partial charge in [-0.3, -0.25) is 0 Å². The fourth-order valence-electron chi connectivity index (χ4n) is 1.68. The Morgan fingerprint density at radius 2 is 2.10 bits per heavy atom. The van der Waals surface area contributed by atoms with Crippen molar-refractivity contribution in [3.05, 3.63) is 52.0 Å². The van der Waals surface area contributed by atoms with Gasteiger partial charge in [-0.1, -0.05) is 0 Å². The quantitative estimate of drug-likeness (QED) is 0.794. The number of benzene rings is 1. The van der Waals surface area contributed by atoms with Gasteiger partial charge in [0.2, 0.25) is 0 Å². The summed E-state index contributed by atoms with van der Waals surface area (Å²) in [6.45, 7) is 0.406. The number of urea groups is 1. The zero-order valence-electron chi connectivity index (χ0n) is 10.9. The van der Waals surface area contributed by atoms with E-state index in [9.17, 15) is 14.0 Å². The standard InChI is InChI=1S/C14H13FN2O3S/c15-11-2-1-10(13(18)19)7-12(11)17-14(20)16-5-3-9-4-6-21-8-9/h1-2,4,6-8H,3,5H2,(H,18,19)(H2,16,17,20). The van der Waals surface area contributed by atoms with Gasteiger partial charge in [0.25, 0.3) is 0 Å². The molecule has 7 heteroatoms. The number of carboxylic acid groups (broad SMARTS) is 1. The number of carboxylic acids is 1. The van der Waals surface area contributed by atoms with Crippen LogP contribution < -0.4 is 10.6 Å². The maximum atomic E-state index is 13.5. The summed E-state index contributed by atoms with van der Waals surface area (Å²) in [5.74, 6) is -1.87. The summed E-state index contributed by atoms with van der Waals surface area (Å²) in [6, 6.07) is 4.60. The van der Waals surface area contributed by atoms with Gasteiger partial charge in [0.15, 0.2) is 0 Å². The van der Waals surface area contributed by atoms with Crippen molar-refractivity contribution in [1.82, 2.24) is 5.32 Å². The van der Waals surface area contributed by atoms with E-state index in [0.29, 0.717) is 13.0 Å².